The number of benzene rings is 2. The van der Waals surface area contributed by atoms with Gasteiger partial charge in [-0.3, -0.25) is 9.59 Å². The number of alkyl carbamates (subject to hydrolysis) is 2. The zero-order chi connectivity index (χ0) is 42.8. The van der Waals surface area contributed by atoms with Gasteiger partial charge in [-0.05, 0) is 87.3 Å². The molecule has 0 radical (unpaired) electrons. The van der Waals surface area contributed by atoms with E-state index in [1.165, 1.54) is 27.4 Å². The average molecular weight is 843 g/mol. The fourth-order valence-corrected chi connectivity index (χ4v) is 8.94. The van der Waals surface area contributed by atoms with Crippen LogP contribution >= 0.6 is 0 Å². The Hall–Kier alpha value is -6.01. The lowest BCUT2D eigenvalue weighted by molar-refractivity contribution is -0.138. The van der Waals surface area contributed by atoms with E-state index in [9.17, 15) is 19.2 Å². The lowest BCUT2D eigenvalue weighted by Crippen LogP contribution is -2.54. The molecule has 17 nitrogen and oxygen atoms in total. The van der Waals surface area contributed by atoms with Crippen LogP contribution in [0.5, 0.6) is 11.5 Å². The van der Waals surface area contributed by atoms with Crippen LogP contribution in [-0.4, -0.2) is 120 Å². The summed E-state index contributed by atoms with van der Waals surface area (Å²) in [5, 5.41) is 5.37. The van der Waals surface area contributed by atoms with Crippen LogP contribution < -0.4 is 15.4 Å². The maximum Gasteiger partial charge on any atom is 0.407 e. The first kappa shape index (κ1) is 41.7. The zero-order valence-corrected chi connectivity index (χ0v) is 34.6. The van der Waals surface area contributed by atoms with Gasteiger partial charge in [-0.25, -0.2) is 23.9 Å². The van der Waals surface area contributed by atoms with E-state index in [1.54, 1.807) is 35.2 Å². The molecule has 4 aromatic rings. The van der Waals surface area contributed by atoms with E-state index >= 15 is 4.39 Å². The molecule has 0 spiro atoms. The van der Waals surface area contributed by atoms with Gasteiger partial charge in [0.05, 0.1) is 56.2 Å². The number of H-pyrrole nitrogens is 2. The highest BCUT2D eigenvalue weighted by Gasteiger charge is 2.41. The van der Waals surface area contributed by atoms with E-state index in [0.717, 1.165) is 36.1 Å². The van der Waals surface area contributed by atoms with Crippen molar-refractivity contribution in [1.82, 2.24) is 40.4 Å². The molecule has 2 aromatic heterocycles. The number of carbonyl (C=O) groups excluding carboxylic acids is 4. The Morgan fingerprint density at radius 1 is 0.803 bits per heavy atom. The zero-order valence-electron chi connectivity index (χ0n) is 34.6. The van der Waals surface area contributed by atoms with Crippen molar-refractivity contribution in [2.24, 2.45) is 5.92 Å². The van der Waals surface area contributed by atoms with Crippen molar-refractivity contribution >= 4 is 24.0 Å². The minimum Gasteiger partial charge on any atom is -0.457 e. The molecule has 0 aliphatic carbocycles. The maximum absolute atomic E-state index is 15.9. The molecule has 4 N–H and O–H groups in total. The molecular formula is C43H51FN8O9. The van der Waals surface area contributed by atoms with Gasteiger partial charge in [0.1, 0.15) is 41.0 Å². The normalized spacial score (nSPS) is 20.2. The largest absolute Gasteiger partial charge is 0.457 e. The minimum atomic E-state index is -0.974. The maximum atomic E-state index is 15.9. The fraction of sp³-hybridized carbons (Fsp3) is 0.488. The van der Waals surface area contributed by atoms with Crippen LogP contribution in [0.4, 0.5) is 14.0 Å². The van der Waals surface area contributed by atoms with Crippen molar-refractivity contribution in [3.8, 4) is 34.0 Å². The Labute approximate surface area is 352 Å². The average Bonchev–Trinajstić information content (AvgIpc) is 4.13. The van der Waals surface area contributed by atoms with E-state index in [2.05, 4.69) is 25.6 Å². The number of ether oxygens (including phenoxy) is 5. The Kier molecular flexibility index (Phi) is 12.3. The van der Waals surface area contributed by atoms with Gasteiger partial charge in [0, 0.05) is 56.5 Å². The lowest BCUT2D eigenvalue weighted by atomic mass is 9.90. The molecule has 4 aliphatic rings. The summed E-state index contributed by atoms with van der Waals surface area (Å²) in [6, 6.07) is 6.54. The number of imidazole rings is 2. The number of methoxy groups -OCH3 is 3. The van der Waals surface area contributed by atoms with Crippen molar-refractivity contribution in [2.45, 2.75) is 82.1 Å². The molecule has 4 amide bonds. The third-order valence-corrected chi connectivity index (χ3v) is 12.3. The number of hydrogen-bond acceptors (Lipinski definition) is 11. The Morgan fingerprint density at radius 3 is 2.10 bits per heavy atom. The first-order chi connectivity index (χ1) is 29.6. The molecule has 3 fully saturated rings. The molecule has 6 heterocycles. The molecule has 324 valence electrons. The van der Waals surface area contributed by atoms with E-state index in [0.29, 0.717) is 86.4 Å². The van der Waals surface area contributed by atoms with Crippen molar-refractivity contribution in [1.29, 1.82) is 0 Å². The number of halogens is 1. The molecule has 61 heavy (non-hydrogen) atoms. The van der Waals surface area contributed by atoms with Gasteiger partial charge in [0.2, 0.25) is 11.8 Å². The summed E-state index contributed by atoms with van der Waals surface area (Å²) >= 11 is 0. The molecule has 5 atom stereocenters. The van der Waals surface area contributed by atoms with E-state index < -0.39 is 42.2 Å². The van der Waals surface area contributed by atoms with Crippen molar-refractivity contribution in [2.75, 3.05) is 47.6 Å². The van der Waals surface area contributed by atoms with Gasteiger partial charge < -0.3 is 54.1 Å². The highest BCUT2D eigenvalue weighted by atomic mass is 19.1. The lowest BCUT2D eigenvalue weighted by Gasteiger charge is -2.34. The van der Waals surface area contributed by atoms with Crippen molar-refractivity contribution in [3.63, 3.8) is 0 Å². The first-order valence-corrected chi connectivity index (χ1v) is 20.7. The summed E-state index contributed by atoms with van der Waals surface area (Å²) in [6.07, 6.45) is 5.93. The number of hydrogen-bond donors (Lipinski definition) is 4. The van der Waals surface area contributed by atoms with Crippen LogP contribution in [0.3, 0.4) is 0 Å². The van der Waals surface area contributed by atoms with Gasteiger partial charge in [-0.1, -0.05) is 0 Å². The second-order valence-electron chi connectivity index (χ2n) is 15.9. The quantitative estimate of drug-likeness (QED) is 0.130. The number of nitrogens with one attached hydrogen (secondary N) is 4. The van der Waals surface area contributed by atoms with E-state index in [4.69, 9.17) is 28.7 Å². The van der Waals surface area contributed by atoms with Crippen LogP contribution in [0, 0.1) is 11.7 Å². The second kappa shape index (κ2) is 17.9. The smallest absolute Gasteiger partial charge is 0.407 e. The second-order valence-corrected chi connectivity index (χ2v) is 15.9. The molecule has 0 bridgehead atoms. The van der Waals surface area contributed by atoms with Crippen LogP contribution in [0.1, 0.15) is 80.3 Å². The predicted octanol–water partition coefficient (Wildman–Crippen LogP) is 5.54. The Morgan fingerprint density at radius 2 is 1.43 bits per heavy atom. The number of rotatable bonds is 11. The number of amides is 4. The third-order valence-electron chi connectivity index (χ3n) is 12.3. The topological polar surface area (TPSA) is 202 Å². The predicted molar refractivity (Wildman–Crippen MR) is 217 cm³/mol. The summed E-state index contributed by atoms with van der Waals surface area (Å²) < 4.78 is 42.8. The third kappa shape index (κ3) is 8.51. The Bertz CT molecular complexity index is 2270. The number of fused-ring (bicyclic) bond motifs is 2. The number of aromatic nitrogens is 4. The molecule has 2 aromatic carbocycles. The van der Waals surface area contributed by atoms with Gasteiger partial charge in [-0.2, -0.15) is 0 Å². The van der Waals surface area contributed by atoms with Gasteiger partial charge in [0.15, 0.2) is 0 Å². The van der Waals surface area contributed by atoms with Crippen LogP contribution in [0.25, 0.3) is 22.5 Å². The summed E-state index contributed by atoms with van der Waals surface area (Å²) in [7, 11) is 3.98. The highest BCUT2D eigenvalue weighted by Crippen LogP contribution is 2.42. The molecule has 3 saturated heterocycles. The van der Waals surface area contributed by atoms with Crippen molar-refractivity contribution < 1.29 is 47.3 Å². The van der Waals surface area contributed by atoms with Crippen LogP contribution in [0.15, 0.2) is 42.7 Å². The standard InChI is InChI=1S/C43H51FN8O9/c1-23(57-2)36(49-42(55)58-3)40(53)51-13-5-8-33(51)39-46-22-31(48-39)28-20-35-27(19-29(28)44)18-26-17-25(9-10-34(26)61-35)30-21-45-38(47-30)32-7-6-14-52(32)41(54)37(50-43(56)59-4)24-11-15-60-16-12-24/h9-10,17,19-24,32-33,36-37H,5-8,11-16,18H2,1-4H3,(H,45,47)(H,46,48)(H,49,55)(H,50,56)/t23-,32+,33+,36+,37+/m1/s1. The summed E-state index contributed by atoms with van der Waals surface area (Å²) in [5.41, 5.74) is 3.88. The van der Waals surface area contributed by atoms with Gasteiger partial charge in [-0.15, -0.1) is 0 Å². The van der Waals surface area contributed by atoms with E-state index in [1.807, 2.05) is 18.2 Å². The number of nitrogens with zero attached hydrogens (tertiary/aromatic N) is 4. The minimum absolute atomic E-state index is 0.0641. The van der Waals surface area contributed by atoms with Crippen molar-refractivity contribution in [3.05, 3.63) is 71.3 Å². The Balaban J connectivity index is 0.962. The number of likely N-dealkylation sites (tertiary alicyclic amines) is 2. The first-order valence-electron chi connectivity index (χ1n) is 20.7. The fourth-order valence-electron chi connectivity index (χ4n) is 8.94. The monoisotopic (exact) mass is 842 g/mol. The summed E-state index contributed by atoms with van der Waals surface area (Å²) in [5.74, 6) is 1.32. The van der Waals surface area contributed by atoms with Crippen LogP contribution in [0.2, 0.25) is 0 Å². The summed E-state index contributed by atoms with van der Waals surface area (Å²) in [6.45, 7) is 3.75. The molecule has 0 saturated carbocycles. The SMILES string of the molecule is COC(=O)N[C@H](C(=O)N1CCC[C@H]1c1ncc(-c2ccc3c(c2)Cc2cc(F)c(-c4cnc([C@@H]5CCCN5C(=O)[C@@H](NC(=O)OC)[C@@H](C)OC)[nH]4)cc2O3)[nH]1)C1CCOCC1. The highest BCUT2D eigenvalue weighted by molar-refractivity contribution is 5.87. The molecule has 4 aliphatic heterocycles. The molecule has 18 heteroatoms. The number of aromatic amines is 2. The summed E-state index contributed by atoms with van der Waals surface area (Å²) in [4.78, 5) is 71.5. The van der Waals surface area contributed by atoms with Gasteiger partial charge >= 0.3 is 12.2 Å². The number of carbonyl (C=O) groups is 4. The van der Waals surface area contributed by atoms with Gasteiger partial charge in [0.25, 0.3) is 0 Å². The van der Waals surface area contributed by atoms with Crippen LogP contribution in [-0.2, 0) is 35.0 Å². The molecular weight excluding hydrogens is 792 g/mol. The molecule has 0 unspecified atom stereocenters. The molecule has 8 rings (SSSR count). The van der Waals surface area contributed by atoms with E-state index in [-0.39, 0.29) is 29.3 Å².